The molecule has 1 fully saturated rings. The van der Waals surface area contributed by atoms with Crippen molar-refractivity contribution < 1.29 is 22.1 Å². The predicted molar refractivity (Wildman–Crippen MR) is 59.3 cm³/mol. The maximum Gasteiger partial charge on any atom is 0.306 e. The minimum absolute atomic E-state index is 0.0778. The summed E-state index contributed by atoms with van der Waals surface area (Å²) in [4.78, 5) is 22.0. The van der Waals surface area contributed by atoms with Gasteiger partial charge in [0, 0.05) is 19.3 Å². The molecule has 1 rings (SSSR count). The summed E-state index contributed by atoms with van der Waals surface area (Å²) in [6.07, 6.45) is 1.20. The lowest BCUT2D eigenvalue weighted by Gasteiger charge is -2.25. The van der Waals surface area contributed by atoms with Gasteiger partial charge in [0.05, 0.1) is 0 Å². The Morgan fingerprint density at radius 2 is 2.33 bits per heavy atom. The van der Waals surface area contributed by atoms with E-state index in [0.29, 0.717) is 19.3 Å². The Kier molecular flexibility index (Phi) is 4.78. The second kappa shape index (κ2) is 5.64. The van der Waals surface area contributed by atoms with Gasteiger partial charge in [-0.05, 0) is 0 Å². The molecule has 6 heteroatoms. The molecule has 0 spiro atoms. The minimum atomic E-state index is -0.775. The molecule has 0 saturated carbocycles. The fraction of sp³-hybridized carbons (Fsp3) is 0.778. The molecule has 1 unspecified atom stereocenters. The van der Waals surface area contributed by atoms with Crippen molar-refractivity contribution in [1.29, 1.82) is 0 Å². The van der Waals surface area contributed by atoms with Crippen LogP contribution in [0.2, 0.25) is 0 Å². The van der Waals surface area contributed by atoms with Crippen molar-refractivity contribution in [3.05, 3.63) is 0 Å². The highest BCUT2D eigenvalue weighted by molar-refractivity contribution is 14.1. The van der Waals surface area contributed by atoms with E-state index < -0.39 is 5.60 Å². The third-order valence-corrected chi connectivity index (χ3v) is 2.53. The van der Waals surface area contributed by atoms with Gasteiger partial charge in [-0.15, -0.1) is 0 Å². The number of halogens is 1. The molecular weight excluding hydrogens is 315 g/mol. The third-order valence-electron chi connectivity index (χ3n) is 2.22. The molecular formula is C9H13IO5. The van der Waals surface area contributed by atoms with Crippen LogP contribution in [0, 0.1) is 0 Å². The lowest BCUT2D eigenvalue weighted by atomic mass is 10.0. The number of rotatable bonds is 5. The highest BCUT2D eigenvalue weighted by Crippen LogP contribution is 2.28. The number of carbonyl (C=O) groups excluding carboxylic acids is 2. The molecule has 0 N–H and O–H groups in total. The molecule has 1 saturated heterocycles. The lowest BCUT2D eigenvalue weighted by Crippen LogP contribution is -2.39. The van der Waals surface area contributed by atoms with Crippen LogP contribution in [0.1, 0.15) is 26.2 Å². The van der Waals surface area contributed by atoms with Gasteiger partial charge in [-0.3, -0.25) is 9.59 Å². The number of hydrogen-bond acceptors (Lipinski definition) is 5. The van der Waals surface area contributed by atoms with Crippen LogP contribution in [-0.4, -0.2) is 30.8 Å². The van der Waals surface area contributed by atoms with Gasteiger partial charge >= 0.3 is 11.9 Å². The molecule has 1 aliphatic heterocycles. The van der Waals surface area contributed by atoms with Crippen molar-refractivity contribution in [3.8, 4) is 0 Å². The fourth-order valence-corrected chi connectivity index (χ4v) is 1.90. The van der Waals surface area contributed by atoms with Crippen LogP contribution in [0.15, 0.2) is 0 Å². The molecule has 0 aromatic heterocycles. The van der Waals surface area contributed by atoms with E-state index in [1.807, 2.05) is 0 Å². The summed E-state index contributed by atoms with van der Waals surface area (Å²) in [5.74, 6) is -0.568. The average Bonchev–Trinajstić information content (AvgIpc) is 2.58. The van der Waals surface area contributed by atoms with E-state index in [1.165, 1.54) is 0 Å². The Hall–Kier alpha value is -0.370. The van der Waals surface area contributed by atoms with Gasteiger partial charge in [-0.25, -0.2) is 0 Å². The van der Waals surface area contributed by atoms with E-state index >= 15 is 0 Å². The zero-order valence-corrected chi connectivity index (χ0v) is 10.6. The second-order valence-corrected chi connectivity index (χ2v) is 4.05. The molecule has 5 nitrogen and oxygen atoms in total. The van der Waals surface area contributed by atoms with Gasteiger partial charge in [-0.1, -0.05) is 6.92 Å². The number of carbonyl (C=O) groups is 2. The van der Waals surface area contributed by atoms with Crippen molar-refractivity contribution in [3.63, 3.8) is 0 Å². The zero-order chi connectivity index (χ0) is 11.3. The summed E-state index contributed by atoms with van der Waals surface area (Å²) in [6, 6.07) is 0. The molecule has 0 aliphatic carbocycles. The molecule has 1 aliphatic rings. The number of esters is 2. The summed E-state index contributed by atoms with van der Waals surface area (Å²) < 4.78 is 15.1. The van der Waals surface area contributed by atoms with Crippen LogP contribution in [-0.2, 0) is 22.1 Å². The van der Waals surface area contributed by atoms with Crippen molar-refractivity contribution in [2.24, 2.45) is 0 Å². The van der Waals surface area contributed by atoms with Crippen molar-refractivity contribution in [1.82, 2.24) is 0 Å². The van der Waals surface area contributed by atoms with Crippen molar-refractivity contribution >= 4 is 34.9 Å². The standard InChI is InChI=1S/C9H13IO5/c1-2-7(11)13-5-9(6-14-10)4-3-8(12)15-9/h2-6H2,1H3. The van der Waals surface area contributed by atoms with Gasteiger partial charge in [0.1, 0.15) is 36.2 Å². The van der Waals surface area contributed by atoms with E-state index in [4.69, 9.17) is 12.5 Å². The summed E-state index contributed by atoms with van der Waals surface area (Å²) in [5, 5.41) is 0. The maximum absolute atomic E-state index is 11.0. The minimum Gasteiger partial charge on any atom is -0.461 e. The van der Waals surface area contributed by atoms with Crippen LogP contribution in [0.3, 0.4) is 0 Å². The first-order valence-corrected chi connectivity index (χ1v) is 5.61. The SMILES string of the molecule is CCC(=O)OCC1(COI)CCC(=O)O1. The summed E-state index contributed by atoms with van der Waals surface area (Å²) in [6.45, 7) is 2.04. The fourth-order valence-electron chi connectivity index (χ4n) is 1.33. The first-order chi connectivity index (χ1) is 7.12. The van der Waals surface area contributed by atoms with E-state index in [2.05, 4.69) is 0 Å². The predicted octanol–water partition coefficient (Wildman–Crippen LogP) is 1.38. The monoisotopic (exact) mass is 328 g/mol. The van der Waals surface area contributed by atoms with Crippen LogP contribution in [0.4, 0.5) is 0 Å². The number of ether oxygens (including phenoxy) is 2. The Labute approximate surface area is 102 Å². The average molecular weight is 328 g/mol. The first-order valence-electron chi connectivity index (χ1n) is 4.73. The van der Waals surface area contributed by atoms with Gasteiger partial charge in [-0.2, -0.15) is 0 Å². The molecule has 1 heterocycles. The van der Waals surface area contributed by atoms with E-state index in [1.54, 1.807) is 29.9 Å². The zero-order valence-electron chi connectivity index (χ0n) is 8.45. The normalized spacial score (nSPS) is 25.1. The van der Waals surface area contributed by atoms with Crippen LogP contribution < -0.4 is 0 Å². The Bertz CT molecular complexity index is 255. The highest BCUT2D eigenvalue weighted by Gasteiger charge is 2.42. The largest absolute Gasteiger partial charge is 0.461 e. The Morgan fingerprint density at radius 1 is 1.60 bits per heavy atom. The third kappa shape index (κ3) is 3.60. The molecule has 0 aromatic rings. The lowest BCUT2D eigenvalue weighted by molar-refractivity contribution is -0.164. The molecule has 0 amide bonds. The molecule has 1 atom stereocenters. The smallest absolute Gasteiger partial charge is 0.306 e. The Balaban J connectivity index is 2.50. The summed E-state index contributed by atoms with van der Waals surface area (Å²) in [7, 11) is 0. The van der Waals surface area contributed by atoms with Gasteiger partial charge in [0.15, 0.2) is 5.60 Å². The van der Waals surface area contributed by atoms with Crippen LogP contribution in [0.5, 0.6) is 0 Å². The van der Waals surface area contributed by atoms with Gasteiger partial charge < -0.3 is 12.5 Å². The molecule has 0 aromatic carbocycles. The molecule has 0 bridgehead atoms. The van der Waals surface area contributed by atoms with Gasteiger partial charge in [0.25, 0.3) is 0 Å². The molecule has 0 radical (unpaired) electrons. The quantitative estimate of drug-likeness (QED) is 0.564. The summed E-state index contributed by atoms with van der Waals surface area (Å²) in [5.41, 5.74) is -0.775. The maximum atomic E-state index is 11.0. The van der Waals surface area contributed by atoms with Crippen molar-refractivity contribution in [2.75, 3.05) is 13.2 Å². The number of hydrogen-bond donors (Lipinski definition) is 0. The number of cyclic esters (lactones) is 1. The van der Waals surface area contributed by atoms with E-state index in [-0.39, 0.29) is 25.2 Å². The first kappa shape index (κ1) is 12.7. The Morgan fingerprint density at radius 3 is 2.80 bits per heavy atom. The summed E-state index contributed by atoms with van der Waals surface area (Å²) >= 11 is 1.73. The highest BCUT2D eigenvalue weighted by atomic mass is 127. The van der Waals surface area contributed by atoms with Crippen LogP contribution in [0.25, 0.3) is 0 Å². The molecule has 15 heavy (non-hydrogen) atoms. The van der Waals surface area contributed by atoms with Crippen LogP contribution >= 0.6 is 23.0 Å². The second-order valence-electron chi connectivity index (χ2n) is 3.42. The van der Waals surface area contributed by atoms with Crippen molar-refractivity contribution in [2.45, 2.75) is 31.8 Å². The van der Waals surface area contributed by atoms with E-state index in [9.17, 15) is 9.59 Å². The topological polar surface area (TPSA) is 61.8 Å². The molecule has 86 valence electrons. The van der Waals surface area contributed by atoms with Gasteiger partial charge in [0.2, 0.25) is 0 Å². The van der Waals surface area contributed by atoms with E-state index in [0.717, 1.165) is 0 Å².